The number of hydrogen-bond acceptors (Lipinski definition) is 2. The van der Waals surface area contributed by atoms with Crippen LogP contribution in [0.1, 0.15) is 25.8 Å². The molecular weight excluding hydrogens is 224 g/mol. The Morgan fingerprint density at radius 1 is 1.28 bits per heavy atom. The highest BCUT2D eigenvalue weighted by atomic mass is 16.5. The van der Waals surface area contributed by atoms with E-state index in [-0.39, 0.29) is 0 Å². The Balaban J connectivity index is 2.48. The summed E-state index contributed by atoms with van der Waals surface area (Å²) in [7, 11) is 0. The molecule has 0 bridgehead atoms. The number of nitrogens with two attached hydrogens (primary N) is 1. The van der Waals surface area contributed by atoms with Gasteiger partial charge in [0, 0.05) is 23.6 Å². The first-order chi connectivity index (χ1) is 8.80. The molecule has 98 valence electrons. The third-order valence-corrected chi connectivity index (χ3v) is 3.12. The molecule has 1 aromatic heterocycles. The van der Waals surface area contributed by atoms with Gasteiger partial charge in [0.25, 0.3) is 0 Å². The summed E-state index contributed by atoms with van der Waals surface area (Å²) in [6.45, 7) is 6.64. The second kappa shape index (κ2) is 5.91. The molecule has 2 rings (SSSR count). The zero-order valence-electron chi connectivity index (χ0n) is 11.3. The summed E-state index contributed by atoms with van der Waals surface area (Å²) in [5, 5.41) is 1.28. The van der Waals surface area contributed by atoms with E-state index in [1.165, 1.54) is 16.5 Å². The highest BCUT2D eigenvalue weighted by Crippen LogP contribution is 2.26. The summed E-state index contributed by atoms with van der Waals surface area (Å²) in [4.78, 5) is 0. The molecule has 1 aromatic carbocycles. The van der Waals surface area contributed by atoms with Gasteiger partial charge in [0.05, 0.1) is 6.61 Å². The van der Waals surface area contributed by atoms with E-state index in [4.69, 9.17) is 10.5 Å². The normalized spacial score (nSPS) is 11.1. The summed E-state index contributed by atoms with van der Waals surface area (Å²) in [5.74, 6) is 0.942. The Hall–Kier alpha value is -1.48. The number of fused-ring (bicyclic) bond motifs is 1. The van der Waals surface area contributed by atoms with Crippen LogP contribution in [-0.2, 0) is 13.0 Å². The molecule has 0 saturated heterocycles. The van der Waals surface area contributed by atoms with Crippen molar-refractivity contribution in [2.45, 2.75) is 33.2 Å². The summed E-state index contributed by atoms with van der Waals surface area (Å²) in [6, 6.07) is 6.33. The Bertz CT molecular complexity index is 516. The maximum Gasteiger partial charge on any atom is 0.120 e. The van der Waals surface area contributed by atoms with Gasteiger partial charge in [-0.3, -0.25) is 0 Å². The van der Waals surface area contributed by atoms with Gasteiger partial charge in [-0.2, -0.15) is 0 Å². The van der Waals surface area contributed by atoms with Crippen LogP contribution in [0.3, 0.4) is 0 Å². The average molecular weight is 246 g/mol. The first-order valence-electron chi connectivity index (χ1n) is 6.74. The van der Waals surface area contributed by atoms with Crippen molar-refractivity contribution in [1.82, 2.24) is 4.57 Å². The summed E-state index contributed by atoms with van der Waals surface area (Å²) >= 11 is 0. The molecule has 0 spiro atoms. The molecule has 0 unspecified atom stereocenters. The first kappa shape index (κ1) is 13.0. The van der Waals surface area contributed by atoms with Crippen LogP contribution >= 0.6 is 0 Å². The van der Waals surface area contributed by atoms with Crippen molar-refractivity contribution >= 4 is 10.9 Å². The van der Waals surface area contributed by atoms with Crippen LogP contribution < -0.4 is 10.5 Å². The maximum atomic E-state index is 5.69. The fraction of sp³-hybridized carbons (Fsp3) is 0.467. The van der Waals surface area contributed by atoms with Crippen LogP contribution in [0.2, 0.25) is 0 Å². The fourth-order valence-corrected chi connectivity index (χ4v) is 2.39. The monoisotopic (exact) mass is 246 g/mol. The van der Waals surface area contributed by atoms with Gasteiger partial charge in [-0.15, -0.1) is 0 Å². The zero-order valence-corrected chi connectivity index (χ0v) is 11.3. The number of nitrogens with zero attached hydrogens (tertiary/aromatic N) is 1. The van der Waals surface area contributed by atoms with Gasteiger partial charge in [-0.1, -0.05) is 6.92 Å². The molecule has 18 heavy (non-hydrogen) atoms. The van der Waals surface area contributed by atoms with Crippen LogP contribution in [0.4, 0.5) is 0 Å². The average Bonchev–Trinajstić information content (AvgIpc) is 2.69. The fourth-order valence-electron chi connectivity index (χ4n) is 2.39. The van der Waals surface area contributed by atoms with Crippen LogP contribution in [0, 0.1) is 0 Å². The molecular formula is C15H22N2O. The minimum atomic E-state index is 0.685. The zero-order chi connectivity index (χ0) is 13.0. The van der Waals surface area contributed by atoms with E-state index in [1.54, 1.807) is 0 Å². The van der Waals surface area contributed by atoms with Crippen LogP contribution in [-0.4, -0.2) is 17.7 Å². The van der Waals surface area contributed by atoms with Crippen molar-refractivity contribution in [3.8, 4) is 5.75 Å². The standard InChI is InChI=1S/C15H22N2O/c1-3-9-17-11-12(7-8-16)14-10-13(18-4-2)5-6-15(14)17/h5-6,10-11H,3-4,7-9,16H2,1-2H3. The minimum Gasteiger partial charge on any atom is -0.494 e. The smallest absolute Gasteiger partial charge is 0.120 e. The number of rotatable bonds is 6. The van der Waals surface area contributed by atoms with E-state index in [0.717, 1.165) is 25.1 Å². The Morgan fingerprint density at radius 2 is 2.11 bits per heavy atom. The molecule has 1 heterocycles. The SMILES string of the molecule is CCCn1cc(CCN)c2cc(OCC)ccc21. The highest BCUT2D eigenvalue weighted by molar-refractivity contribution is 5.85. The largest absolute Gasteiger partial charge is 0.494 e. The van der Waals surface area contributed by atoms with Gasteiger partial charge in [-0.05, 0) is 50.1 Å². The quantitative estimate of drug-likeness (QED) is 0.851. The van der Waals surface area contributed by atoms with Crippen LogP contribution in [0.5, 0.6) is 5.75 Å². The van der Waals surface area contributed by atoms with Crippen molar-refractivity contribution in [1.29, 1.82) is 0 Å². The van der Waals surface area contributed by atoms with Crippen LogP contribution in [0.25, 0.3) is 10.9 Å². The summed E-state index contributed by atoms with van der Waals surface area (Å²) in [6.07, 6.45) is 4.29. The maximum absolute atomic E-state index is 5.69. The number of aryl methyl sites for hydroxylation is 1. The molecule has 0 aliphatic carbocycles. The molecule has 0 aliphatic rings. The number of hydrogen-bond donors (Lipinski definition) is 1. The van der Waals surface area contributed by atoms with E-state index >= 15 is 0 Å². The second-order valence-corrected chi connectivity index (χ2v) is 4.50. The van der Waals surface area contributed by atoms with Gasteiger partial charge < -0.3 is 15.0 Å². The van der Waals surface area contributed by atoms with Gasteiger partial charge >= 0.3 is 0 Å². The molecule has 0 aliphatic heterocycles. The minimum absolute atomic E-state index is 0.685. The van der Waals surface area contributed by atoms with Crippen molar-refractivity contribution in [2.75, 3.05) is 13.2 Å². The predicted molar refractivity (Wildman–Crippen MR) is 76.2 cm³/mol. The second-order valence-electron chi connectivity index (χ2n) is 4.50. The van der Waals surface area contributed by atoms with Crippen molar-refractivity contribution < 1.29 is 4.74 Å². The molecule has 2 aromatic rings. The lowest BCUT2D eigenvalue weighted by atomic mass is 10.1. The molecule has 0 fully saturated rings. The van der Waals surface area contributed by atoms with Crippen molar-refractivity contribution in [2.24, 2.45) is 5.73 Å². The molecule has 2 N–H and O–H groups in total. The molecule has 0 saturated carbocycles. The first-order valence-corrected chi connectivity index (χ1v) is 6.74. The van der Waals surface area contributed by atoms with Gasteiger partial charge in [0.1, 0.15) is 5.75 Å². The van der Waals surface area contributed by atoms with Gasteiger partial charge in [-0.25, -0.2) is 0 Å². The topological polar surface area (TPSA) is 40.2 Å². The molecule has 3 heteroatoms. The van der Waals surface area contributed by atoms with Crippen molar-refractivity contribution in [3.63, 3.8) is 0 Å². The van der Waals surface area contributed by atoms with E-state index in [9.17, 15) is 0 Å². The Kier molecular flexibility index (Phi) is 4.26. The van der Waals surface area contributed by atoms with E-state index in [1.807, 2.05) is 13.0 Å². The van der Waals surface area contributed by atoms with Crippen molar-refractivity contribution in [3.05, 3.63) is 30.0 Å². The lowest BCUT2D eigenvalue weighted by Gasteiger charge is -2.05. The van der Waals surface area contributed by atoms with Gasteiger partial charge in [0.15, 0.2) is 0 Å². The molecule has 0 atom stereocenters. The highest BCUT2D eigenvalue weighted by Gasteiger charge is 2.08. The Labute approximate surface area is 109 Å². The Morgan fingerprint density at radius 3 is 2.78 bits per heavy atom. The van der Waals surface area contributed by atoms with Crippen LogP contribution in [0.15, 0.2) is 24.4 Å². The lowest BCUT2D eigenvalue weighted by molar-refractivity contribution is 0.340. The number of aromatic nitrogens is 1. The predicted octanol–water partition coefficient (Wildman–Crippen LogP) is 2.95. The molecule has 3 nitrogen and oxygen atoms in total. The van der Waals surface area contributed by atoms with Gasteiger partial charge in [0.2, 0.25) is 0 Å². The summed E-state index contributed by atoms with van der Waals surface area (Å²) < 4.78 is 7.89. The van der Waals surface area contributed by atoms with E-state index < -0.39 is 0 Å². The van der Waals surface area contributed by atoms with E-state index in [2.05, 4.69) is 29.8 Å². The molecule has 0 amide bonds. The lowest BCUT2D eigenvalue weighted by Crippen LogP contribution is -2.02. The summed E-state index contributed by atoms with van der Waals surface area (Å²) in [5.41, 5.74) is 8.29. The third-order valence-electron chi connectivity index (χ3n) is 3.12. The molecule has 0 radical (unpaired) electrons. The number of benzene rings is 1. The number of ether oxygens (including phenoxy) is 1. The third kappa shape index (κ3) is 2.51. The van der Waals surface area contributed by atoms with E-state index in [0.29, 0.717) is 13.2 Å².